The summed E-state index contributed by atoms with van der Waals surface area (Å²) in [4.78, 5) is 35.7. The molecule has 0 saturated carbocycles. The second kappa shape index (κ2) is 11.5. The number of nitrogens with zero attached hydrogens (tertiary/aromatic N) is 2. The molecule has 1 aliphatic rings. The Balaban J connectivity index is 1.53. The minimum atomic E-state index is -1.27. The van der Waals surface area contributed by atoms with E-state index in [-0.39, 0.29) is 10.9 Å². The molecule has 0 unspecified atom stereocenters. The molecular formula is C34H33N3O6S. The van der Waals surface area contributed by atoms with Crippen molar-refractivity contribution in [2.45, 2.75) is 52.4 Å². The van der Waals surface area contributed by atoms with Crippen molar-refractivity contribution in [2.24, 2.45) is 0 Å². The van der Waals surface area contributed by atoms with Crippen molar-refractivity contribution in [3.63, 3.8) is 0 Å². The molecule has 0 spiro atoms. The lowest BCUT2D eigenvalue weighted by atomic mass is 9.89. The van der Waals surface area contributed by atoms with Gasteiger partial charge in [-0.25, -0.2) is 9.78 Å². The van der Waals surface area contributed by atoms with E-state index in [0.29, 0.717) is 45.6 Å². The fourth-order valence-electron chi connectivity index (χ4n) is 5.60. The van der Waals surface area contributed by atoms with Gasteiger partial charge in [-0.2, -0.15) is 0 Å². The minimum Gasteiger partial charge on any atom is -0.497 e. The molecule has 2 aromatic heterocycles. The normalized spacial score (nSPS) is 13.5. The number of carbonyl (C=O) groups excluding carboxylic acids is 1. The van der Waals surface area contributed by atoms with Crippen LogP contribution in [0.1, 0.15) is 58.9 Å². The zero-order chi connectivity index (χ0) is 31.2. The first kappa shape index (κ1) is 29.5. The van der Waals surface area contributed by atoms with E-state index in [2.05, 4.69) is 5.32 Å². The van der Waals surface area contributed by atoms with Gasteiger partial charge >= 0.3 is 5.97 Å². The zero-order valence-corrected chi connectivity index (χ0v) is 26.0. The Morgan fingerprint density at radius 3 is 2.61 bits per heavy atom. The molecule has 9 nitrogen and oxygen atoms in total. The maximum atomic E-state index is 13.4. The van der Waals surface area contributed by atoms with Crippen LogP contribution in [0.5, 0.6) is 11.5 Å². The summed E-state index contributed by atoms with van der Waals surface area (Å²) in [6.07, 6.45) is 1.25. The summed E-state index contributed by atoms with van der Waals surface area (Å²) in [7, 11) is 1.61. The summed E-state index contributed by atoms with van der Waals surface area (Å²) in [5.41, 5.74) is 5.16. The number of carbonyl (C=O) groups is 2. The molecule has 10 heteroatoms. The maximum absolute atomic E-state index is 13.4. The predicted octanol–water partition coefficient (Wildman–Crippen LogP) is 6.63. The van der Waals surface area contributed by atoms with Crippen LogP contribution in [-0.2, 0) is 22.5 Å². The van der Waals surface area contributed by atoms with E-state index in [0.717, 1.165) is 40.0 Å². The number of hydrogen-bond donors (Lipinski definition) is 2. The van der Waals surface area contributed by atoms with Crippen LogP contribution in [0.3, 0.4) is 0 Å². The lowest BCUT2D eigenvalue weighted by Gasteiger charge is -2.28. The van der Waals surface area contributed by atoms with Crippen LogP contribution in [-0.4, -0.2) is 46.3 Å². The summed E-state index contributed by atoms with van der Waals surface area (Å²) in [6.45, 7) is 8.23. The molecule has 2 N–H and O–H groups in total. The average Bonchev–Trinajstić information content (AvgIpc) is 3.42. The van der Waals surface area contributed by atoms with Gasteiger partial charge in [0.2, 0.25) is 0 Å². The highest BCUT2D eigenvalue weighted by Crippen LogP contribution is 2.46. The number of ether oxygens (including phenoxy) is 3. The SMILES string of the molecule is COc1ccc(CNC(=O)c2nc3cc(C)c([C@H](OC(C)(C)C)C(=O)O)c(-c4ccc5c6c(ccnc46)CCO5)c3s2)cc1. The van der Waals surface area contributed by atoms with Crippen molar-refractivity contribution in [3.8, 4) is 22.6 Å². The van der Waals surface area contributed by atoms with E-state index in [1.165, 1.54) is 11.3 Å². The highest BCUT2D eigenvalue weighted by molar-refractivity contribution is 7.20. The predicted molar refractivity (Wildman–Crippen MR) is 170 cm³/mol. The number of nitrogens with one attached hydrogen (secondary N) is 1. The number of carboxylic acid groups (broad SMARTS) is 1. The van der Waals surface area contributed by atoms with E-state index in [1.807, 2.05) is 76.2 Å². The third-order valence-corrected chi connectivity index (χ3v) is 8.62. The van der Waals surface area contributed by atoms with Crippen molar-refractivity contribution in [1.82, 2.24) is 15.3 Å². The second-order valence-corrected chi connectivity index (χ2v) is 12.7. The molecule has 1 aliphatic heterocycles. The molecular weight excluding hydrogens is 578 g/mol. The summed E-state index contributed by atoms with van der Waals surface area (Å²) >= 11 is 1.22. The fourth-order valence-corrected chi connectivity index (χ4v) is 6.64. The Labute approximate surface area is 258 Å². The average molecular weight is 612 g/mol. The molecule has 0 saturated heterocycles. The quantitative estimate of drug-likeness (QED) is 0.201. The zero-order valence-electron chi connectivity index (χ0n) is 25.2. The number of amides is 1. The van der Waals surface area contributed by atoms with Gasteiger partial charge in [0.05, 0.1) is 35.1 Å². The summed E-state index contributed by atoms with van der Waals surface area (Å²) in [6, 6.07) is 15.1. The monoisotopic (exact) mass is 611 g/mol. The van der Waals surface area contributed by atoms with E-state index in [9.17, 15) is 14.7 Å². The van der Waals surface area contributed by atoms with Crippen LogP contribution in [0.4, 0.5) is 0 Å². The van der Waals surface area contributed by atoms with Crippen molar-refractivity contribution >= 4 is 44.3 Å². The number of carboxylic acids is 1. The standard InChI is InChI=1S/C34H33N3O6S/c1-18-16-23-30(44-32(37-23)31(38)36-17-19-6-8-21(41-5)9-7-19)27(25(18)29(33(39)40)43-34(2,3)4)22-10-11-24-26-20(13-15-42-24)12-14-35-28(22)26/h6-12,14,16,29H,13,15,17H2,1-5H3,(H,36,38)(H,39,40)/t29-/m0/s1. The van der Waals surface area contributed by atoms with Gasteiger partial charge in [0, 0.05) is 41.2 Å². The third kappa shape index (κ3) is 5.58. The minimum absolute atomic E-state index is 0.272. The highest BCUT2D eigenvalue weighted by atomic mass is 32.1. The first-order valence-electron chi connectivity index (χ1n) is 14.3. The first-order valence-corrected chi connectivity index (χ1v) is 15.2. The van der Waals surface area contributed by atoms with Gasteiger partial charge in [-0.05, 0) is 80.8 Å². The van der Waals surface area contributed by atoms with Gasteiger partial charge in [-0.3, -0.25) is 9.78 Å². The molecule has 3 aromatic carbocycles. The van der Waals surface area contributed by atoms with Gasteiger partial charge in [0.25, 0.3) is 5.91 Å². The number of hydrogen-bond acceptors (Lipinski definition) is 8. The van der Waals surface area contributed by atoms with E-state index < -0.39 is 17.7 Å². The van der Waals surface area contributed by atoms with E-state index in [4.69, 9.17) is 24.2 Å². The van der Waals surface area contributed by atoms with E-state index >= 15 is 0 Å². The lowest BCUT2D eigenvalue weighted by molar-refractivity contribution is -0.160. The molecule has 0 bridgehead atoms. The van der Waals surface area contributed by atoms with Crippen LogP contribution in [0.25, 0.3) is 32.2 Å². The number of fused-ring (bicyclic) bond motifs is 1. The van der Waals surface area contributed by atoms with Crippen molar-refractivity contribution < 1.29 is 28.9 Å². The number of pyridine rings is 1. The van der Waals surface area contributed by atoms with Gasteiger partial charge in [0.1, 0.15) is 11.5 Å². The Morgan fingerprint density at radius 2 is 1.91 bits per heavy atom. The van der Waals surface area contributed by atoms with Gasteiger partial charge < -0.3 is 24.6 Å². The summed E-state index contributed by atoms with van der Waals surface area (Å²) in [5.74, 6) is 0.0490. The fraction of sp³-hybridized carbons (Fsp3) is 0.294. The number of rotatable bonds is 8. The molecule has 1 atom stereocenters. The topological polar surface area (TPSA) is 120 Å². The molecule has 0 radical (unpaired) electrons. The Kier molecular flexibility index (Phi) is 7.73. The van der Waals surface area contributed by atoms with Crippen LogP contribution in [0.2, 0.25) is 0 Å². The largest absolute Gasteiger partial charge is 0.497 e. The Morgan fingerprint density at radius 1 is 1.14 bits per heavy atom. The third-order valence-electron chi connectivity index (χ3n) is 7.53. The summed E-state index contributed by atoms with van der Waals surface area (Å²) < 4.78 is 18.0. The number of thiazole rings is 1. The summed E-state index contributed by atoms with van der Waals surface area (Å²) in [5, 5.41) is 14.6. The number of benzene rings is 3. The van der Waals surface area contributed by atoms with Crippen molar-refractivity contribution in [1.29, 1.82) is 0 Å². The van der Waals surface area contributed by atoms with Crippen LogP contribution in [0, 0.1) is 6.92 Å². The van der Waals surface area contributed by atoms with Crippen LogP contribution < -0.4 is 14.8 Å². The lowest BCUT2D eigenvalue weighted by Crippen LogP contribution is -2.28. The molecule has 5 aromatic rings. The van der Waals surface area contributed by atoms with Gasteiger partial charge in [0.15, 0.2) is 11.1 Å². The van der Waals surface area contributed by atoms with Crippen molar-refractivity contribution in [2.75, 3.05) is 13.7 Å². The van der Waals surface area contributed by atoms with Crippen molar-refractivity contribution in [3.05, 3.63) is 82.0 Å². The number of aryl methyl sites for hydroxylation is 1. The number of aliphatic carboxylic acids is 1. The van der Waals surface area contributed by atoms with Crippen LogP contribution in [0.15, 0.2) is 54.7 Å². The molecule has 1 amide bonds. The smallest absolute Gasteiger partial charge is 0.337 e. The molecule has 0 aliphatic carbocycles. The number of aromatic nitrogens is 2. The second-order valence-electron chi connectivity index (χ2n) is 11.7. The first-order chi connectivity index (χ1) is 21.0. The molecule has 6 rings (SSSR count). The van der Waals surface area contributed by atoms with E-state index in [1.54, 1.807) is 13.3 Å². The van der Waals surface area contributed by atoms with Crippen LogP contribution >= 0.6 is 11.3 Å². The molecule has 44 heavy (non-hydrogen) atoms. The number of methoxy groups -OCH3 is 1. The highest BCUT2D eigenvalue weighted by Gasteiger charge is 2.33. The van der Waals surface area contributed by atoms with Gasteiger partial charge in [-0.15, -0.1) is 11.3 Å². The molecule has 226 valence electrons. The Bertz CT molecular complexity index is 1900. The molecule has 3 heterocycles. The molecule has 0 fully saturated rings. The van der Waals surface area contributed by atoms with Gasteiger partial charge in [-0.1, -0.05) is 12.1 Å². The Hall–Kier alpha value is -4.54. The maximum Gasteiger partial charge on any atom is 0.337 e.